The third kappa shape index (κ3) is 4.12. The highest BCUT2D eigenvalue weighted by Gasteiger charge is 2.27. The van der Waals surface area contributed by atoms with E-state index in [2.05, 4.69) is 5.32 Å². The van der Waals surface area contributed by atoms with Crippen molar-refractivity contribution in [2.75, 3.05) is 13.7 Å². The SMILES string of the molecule is COC(=O)C(C)(C)NCCC1CCCCC1. The lowest BCUT2D eigenvalue weighted by atomic mass is 9.87. The predicted octanol–water partition coefficient (Wildman–Crippen LogP) is 2.50. The summed E-state index contributed by atoms with van der Waals surface area (Å²) in [4.78, 5) is 11.4. The van der Waals surface area contributed by atoms with Crippen LogP contribution in [0.25, 0.3) is 0 Å². The molecule has 0 heterocycles. The Bertz CT molecular complexity index is 220. The first-order valence-corrected chi connectivity index (χ1v) is 6.39. The Morgan fingerprint density at radius 2 is 1.94 bits per heavy atom. The molecule has 1 aliphatic carbocycles. The second kappa shape index (κ2) is 6.24. The van der Waals surface area contributed by atoms with Gasteiger partial charge in [-0.05, 0) is 32.7 Å². The van der Waals surface area contributed by atoms with Crippen LogP contribution in [-0.2, 0) is 9.53 Å². The topological polar surface area (TPSA) is 38.3 Å². The molecule has 0 saturated heterocycles. The quantitative estimate of drug-likeness (QED) is 0.733. The molecule has 0 aromatic rings. The highest BCUT2D eigenvalue weighted by Crippen LogP contribution is 2.25. The van der Waals surface area contributed by atoms with Crippen molar-refractivity contribution < 1.29 is 9.53 Å². The highest BCUT2D eigenvalue weighted by atomic mass is 16.5. The largest absolute Gasteiger partial charge is 0.468 e. The van der Waals surface area contributed by atoms with Crippen molar-refractivity contribution in [3.8, 4) is 0 Å². The zero-order chi connectivity index (χ0) is 12.0. The predicted molar refractivity (Wildman–Crippen MR) is 65.3 cm³/mol. The van der Waals surface area contributed by atoms with Gasteiger partial charge in [0.2, 0.25) is 0 Å². The van der Waals surface area contributed by atoms with Crippen molar-refractivity contribution in [2.45, 2.75) is 57.9 Å². The number of carbonyl (C=O) groups excluding carboxylic acids is 1. The van der Waals surface area contributed by atoms with Crippen LogP contribution < -0.4 is 5.32 Å². The third-order valence-electron chi connectivity index (χ3n) is 3.54. The van der Waals surface area contributed by atoms with Crippen LogP contribution in [0.4, 0.5) is 0 Å². The molecular weight excluding hydrogens is 202 g/mol. The van der Waals surface area contributed by atoms with Crippen LogP contribution >= 0.6 is 0 Å². The molecule has 0 aromatic carbocycles. The van der Waals surface area contributed by atoms with Gasteiger partial charge in [0.15, 0.2) is 0 Å². The van der Waals surface area contributed by atoms with Gasteiger partial charge in [0, 0.05) is 0 Å². The molecule has 3 heteroatoms. The van der Waals surface area contributed by atoms with E-state index in [-0.39, 0.29) is 5.97 Å². The Balaban J connectivity index is 2.20. The number of hydrogen-bond acceptors (Lipinski definition) is 3. The Morgan fingerprint density at radius 3 is 2.50 bits per heavy atom. The van der Waals surface area contributed by atoms with Gasteiger partial charge in [0.1, 0.15) is 5.54 Å². The first-order chi connectivity index (χ1) is 7.56. The van der Waals surface area contributed by atoms with Crippen LogP contribution in [0.1, 0.15) is 52.4 Å². The van der Waals surface area contributed by atoms with E-state index < -0.39 is 5.54 Å². The Hall–Kier alpha value is -0.570. The second-order valence-electron chi connectivity index (χ2n) is 5.34. The molecule has 1 aliphatic rings. The van der Waals surface area contributed by atoms with Gasteiger partial charge >= 0.3 is 5.97 Å². The number of carbonyl (C=O) groups is 1. The summed E-state index contributed by atoms with van der Waals surface area (Å²) in [7, 11) is 1.44. The fraction of sp³-hybridized carbons (Fsp3) is 0.923. The van der Waals surface area contributed by atoms with Crippen LogP contribution in [-0.4, -0.2) is 25.2 Å². The third-order valence-corrected chi connectivity index (χ3v) is 3.54. The van der Waals surface area contributed by atoms with Gasteiger partial charge in [-0.3, -0.25) is 4.79 Å². The van der Waals surface area contributed by atoms with Crippen LogP contribution in [0.2, 0.25) is 0 Å². The zero-order valence-electron chi connectivity index (χ0n) is 10.8. The monoisotopic (exact) mass is 227 g/mol. The van der Waals surface area contributed by atoms with E-state index in [0.717, 1.165) is 12.5 Å². The van der Waals surface area contributed by atoms with Crippen LogP contribution in [0, 0.1) is 5.92 Å². The van der Waals surface area contributed by atoms with Crippen molar-refractivity contribution >= 4 is 5.97 Å². The summed E-state index contributed by atoms with van der Waals surface area (Å²) in [6, 6.07) is 0. The smallest absolute Gasteiger partial charge is 0.325 e. The first-order valence-electron chi connectivity index (χ1n) is 6.39. The number of rotatable bonds is 5. The van der Waals surface area contributed by atoms with Crippen molar-refractivity contribution in [1.82, 2.24) is 5.32 Å². The van der Waals surface area contributed by atoms with Gasteiger partial charge in [0.05, 0.1) is 7.11 Å². The van der Waals surface area contributed by atoms with E-state index in [9.17, 15) is 4.79 Å². The molecule has 0 amide bonds. The molecule has 94 valence electrons. The van der Waals surface area contributed by atoms with Crippen molar-refractivity contribution in [1.29, 1.82) is 0 Å². The average molecular weight is 227 g/mol. The molecule has 0 aliphatic heterocycles. The highest BCUT2D eigenvalue weighted by molar-refractivity contribution is 5.79. The normalized spacial score (nSPS) is 18.4. The van der Waals surface area contributed by atoms with E-state index in [1.165, 1.54) is 45.6 Å². The van der Waals surface area contributed by atoms with E-state index in [0.29, 0.717) is 0 Å². The minimum absolute atomic E-state index is 0.184. The second-order valence-corrected chi connectivity index (χ2v) is 5.34. The summed E-state index contributed by atoms with van der Waals surface area (Å²) in [6.07, 6.45) is 8.06. The molecule has 0 aromatic heterocycles. The minimum Gasteiger partial charge on any atom is -0.468 e. The molecule has 0 bridgehead atoms. The lowest BCUT2D eigenvalue weighted by molar-refractivity contribution is -0.147. The number of ether oxygens (including phenoxy) is 1. The van der Waals surface area contributed by atoms with Crippen molar-refractivity contribution in [2.24, 2.45) is 5.92 Å². The molecule has 0 spiro atoms. The van der Waals surface area contributed by atoms with E-state index in [1.807, 2.05) is 13.8 Å². The lowest BCUT2D eigenvalue weighted by Crippen LogP contribution is -2.48. The molecule has 1 N–H and O–H groups in total. The van der Waals surface area contributed by atoms with Gasteiger partial charge in [0.25, 0.3) is 0 Å². The molecule has 0 atom stereocenters. The van der Waals surface area contributed by atoms with Crippen LogP contribution in [0.15, 0.2) is 0 Å². The molecule has 16 heavy (non-hydrogen) atoms. The average Bonchev–Trinajstić information content (AvgIpc) is 2.29. The summed E-state index contributed by atoms with van der Waals surface area (Å²) < 4.78 is 4.76. The van der Waals surface area contributed by atoms with Gasteiger partial charge in [-0.1, -0.05) is 32.1 Å². The maximum absolute atomic E-state index is 11.4. The van der Waals surface area contributed by atoms with Crippen LogP contribution in [0.5, 0.6) is 0 Å². The van der Waals surface area contributed by atoms with Gasteiger partial charge < -0.3 is 10.1 Å². The van der Waals surface area contributed by atoms with Gasteiger partial charge in [-0.25, -0.2) is 0 Å². The molecule has 3 nitrogen and oxygen atoms in total. The Labute approximate surface area is 98.9 Å². The van der Waals surface area contributed by atoms with E-state index in [1.54, 1.807) is 0 Å². The van der Waals surface area contributed by atoms with E-state index >= 15 is 0 Å². The summed E-state index contributed by atoms with van der Waals surface area (Å²) in [5, 5.41) is 3.28. The molecule has 1 rings (SSSR count). The maximum atomic E-state index is 11.4. The van der Waals surface area contributed by atoms with Gasteiger partial charge in [-0.2, -0.15) is 0 Å². The molecular formula is C13H25NO2. The minimum atomic E-state index is -0.552. The summed E-state index contributed by atoms with van der Waals surface area (Å²) >= 11 is 0. The summed E-state index contributed by atoms with van der Waals surface area (Å²) in [5.74, 6) is 0.672. The fourth-order valence-corrected chi connectivity index (χ4v) is 2.39. The number of esters is 1. The summed E-state index contributed by atoms with van der Waals surface area (Å²) in [6.45, 7) is 4.66. The number of hydrogen-bond donors (Lipinski definition) is 1. The maximum Gasteiger partial charge on any atom is 0.325 e. The standard InChI is InChI=1S/C13H25NO2/c1-13(2,12(15)16-3)14-10-9-11-7-5-4-6-8-11/h11,14H,4-10H2,1-3H3. The molecule has 1 fully saturated rings. The lowest BCUT2D eigenvalue weighted by Gasteiger charge is -2.26. The Kier molecular flexibility index (Phi) is 5.26. The van der Waals surface area contributed by atoms with Crippen molar-refractivity contribution in [3.05, 3.63) is 0 Å². The van der Waals surface area contributed by atoms with Crippen LogP contribution in [0.3, 0.4) is 0 Å². The zero-order valence-corrected chi connectivity index (χ0v) is 10.8. The van der Waals surface area contributed by atoms with Crippen molar-refractivity contribution in [3.63, 3.8) is 0 Å². The first kappa shape index (κ1) is 13.5. The number of nitrogens with one attached hydrogen (secondary N) is 1. The molecule has 0 radical (unpaired) electrons. The molecule has 1 saturated carbocycles. The molecule has 0 unspecified atom stereocenters. The summed E-state index contributed by atoms with van der Waals surface area (Å²) in [5.41, 5.74) is -0.552. The van der Waals surface area contributed by atoms with Gasteiger partial charge in [-0.15, -0.1) is 0 Å². The van der Waals surface area contributed by atoms with E-state index in [4.69, 9.17) is 4.74 Å². The fourth-order valence-electron chi connectivity index (χ4n) is 2.39. The Morgan fingerprint density at radius 1 is 1.31 bits per heavy atom. The number of methoxy groups -OCH3 is 1.